The van der Waals surface area contributed by atoms with Crippen LogP contribution in [0.4, 0.5) is 0 Å². The van der Waals surface area contributed by atoms with E-state index >= 15 is 0 Å². The fourth-order valence-corrected chi connectivity index (χ4v) is 3.56. The Hall–Kier alpha value is -3.87. The summed E-state index contributed by atoms with van der Waals surface area (Å²) in [6, 6.07) is 19.7. The van der Waals surface area contributed by atoms with Gasteiger partial charge < -0.3 is 9.47 Å². The second-order valence-electron chi connectivity index (χ2n) is 7.39. The summed E-state index contributed by atoms with van der Waals surface area (Å²) in [7, 11) is 3.24. The van der Waals surface area contributed by atoms with Crippen molar-refractivity contribution in [2.75, 3.05) is 7.11 Å². The van der Waals surface area contributed by atoms with Gasteiger partial charge >= 0.3 is 5.69 Å². The molecule has 0 aliphatic heterocycles. The minimum atomic E-state index is -0.305. The Balaban J connectivity index is 1.67. The van der Waals surface area contributed by atoms with Crippen LogP contribution in [0.5, 0.6) is 11.5 Å². The molecule has 7 heteroatoms. The van der Waals surface area contributed by atoms with E-state index in [9.17, 15) is 4.79 Å². The van der Waals surface area contributed by atoms with Crippen LogP contribution in [0.3, 0.4) is 0 Å². The monoisotopic (exact) mass is 416 g/mol. The number of tetrazole rings is 1. The van der Waals surface area contributed by atoms with E-state index in [4.69, 9.17) is 9.47 Å². The number of aromatic nitrogens is 4. The number of hydrogen-bond donors (Lipinski definition) is 0. The fraction of sp³-hybridized carbons (Fsp3) is 0.208. The number of para-hydroxylation sites is 1. The summed E-state index contributed by atoms with van der Waals surface area (Å²) < 4.78 is 14.2. The average Bonchev–Trinajstić information content (AvgIpc) is 3.10. The maximum atomic E-state index is 12.4. The lowest BCUT2D eigenvalue weighted by molar-refractivity contribution is 0.304. The Kier molecular flexibility index (Phi) is 5.58. The predicted octanol–water partition coefficient (Wildman–Crippen LogP) is 3.84. The number of hydrogen-bond acceptors (Lipinski definition) is 5. The molecule has 1 aromatic heterocycles. The molecule has 0 aliphatic rings. The van der Waals surface area contributed by atoms with Crippen LogP contribution in [-0.4, -0.2) is 26.9 Å². The lowest BCUT2D eigenvalue weighted by Crippen LogP contribution is -2.23. The molecule has 0 atom stereocenters. The zero-order chi connectivity index (χ0) is 22.0. The van der Waals surface area contributed by atoms with Crippen molar-refractivity contribution in [3.8, 4) is 28.3 Å². The van der Waals surface area contributed by atoms with Crippen LogP contribution in [0.2, 0.25) is 0 Å². The van der Waals surface area contributed by atoms with E-state index in [1.165, 1.54) is 9.36 Å². The molecular weight excluding hydrogens is 392 g/mol. The molecule has 0 spiro atoms. The van der Waals surface area contributed by atoms with Crippen molar-refractivity contribution in [2.45, 2.75) is 20.5 Å². The van der Waals surface area contributed by atoms with Crippen LogP contribution in [0.15, 0.2) is 65.5 Å². The van der Waals surface area contributed by atoms with E-state index in [1.807, 2.05) is 68.4 Å². The maximum absolute atomic E-state index is 12.4. The highest BCUT2D eigenvalue weighted by atomic mass is 16.5. The number of nitrogens with zero attached hydrogens (tertiary/aromatic N) is 4. The third-order valence-electron chi connectivity index (χ3n) is 5.19. The van der Waals surface area contributed by atoms with Gasteiger partial charge in [0.15, 0.2) is 0 Å². The zero-order valence-electron chi connectivity index (χ0n) is 18.0. The molecule has 0 bridgehead atoms. The van der Waals surface area contributed by atoms with E-state index in [0.717, 1.165) is 39.3 Å². The first kappa shape index (κ1) is 20.4. The van der Waals surface area contributed by atoms with Crippen LogP contribution < -0.4 is 15.2 Å². The average molecular weight is 416 g/mol. The Labute approximate surface area is 180 Å². The van der Waals surface area contributed by atoms with Gasteiger partial charge in [0.2, 0.25) is 0 Å². The summed E-state index contributed by atoms with van der Waals surface area (Å²) in [6.07, 6.45) is 0. The summed E-state index contributed by atoms with van der Waals surface area (Å²) in [4.78, 5) is 12.4. The van der Waals surface area contributed by atoms with Crippen molar-refractivity contribution >= 4 is 0 Å². The minimum Gasteiger partial charge on any atom is -0.496 e. The molecule has 0 fully saturated rings. The summed E-state index contributed by atoms with van der Waals surface area (Å²) in [6.45, 7) is 4.31. The van der Waals surface area contributed by atoms with Gasteiger partial charge in [0, 0.05) is 18.2 Å². The molecule has 1 heterocycles. The van der Waals surface area contributed by atoms with E-state index in [0.29, 0.717) is 12.3 Å². The lowest BCUT2D eigenvalue weighted by Gasteiger charge is -2.15. The molecule has 0 saturated carbocycles. The summed E-state index contributed by atoms with van der Waals surface area (Å²) in [5, 5.41) is 7.80. The van der Waals surface area contributed by atoms with E-state index in [-0.39, 0.29) is 5.69 Å². The number of benzene rings is 3. The van der Waals surface area contributed by atoms with Crippen LogP contribution >= 0.6 is 0 Å². The van der Waals surface area contributed by atoms with Crippen LogP contribution in [0.25, 0.3) is 16.8 Å². The smallest absolute Gasteiger partial charge is 0.368 e. The Bertz CT molecular complexity index is 1290. The zero-order valence-corrected chi connectivity index (χ0v) is 18.0. The van der Waals surface area contributed by atoms with E-state index in [2.05, 4.69) is 16.5 Å². The van der Waals surface area contributed by atoms with Crippen molar-refractivity contribution in [3.05, 3.63) is 87.8 Å². The molecule has 0 N–H and O–H groups in total. The molecule has 158 valence electrons. The number of ether oxygens (including phenoxy) is 2. The number of aryl methyl sites for hydroxylation is 3. The molecule has 0 radical (unpaired) electrons. The molecule has 3 aromatic carbocycles. The van der Waals surface area contributed by atoms with E-state index < -0.39 is 0 Å². The van der Waals surface area contributed by atoms with Crippen LogP contribution in [0.1, 0.15) is 16.7 Å². The molecule has 4 rings (SSSR count). The highest BCUT2D eigenvalue weighted by molar-refractivity contribution is 5.72. The number of rotatable bonds is 6. The van der Waals surface area contributed by atoms with Gasteiger partial charge in [-0.25, -0.2) is 4.79 Å². The van der Waals surface area contributed by atoms with Crippen LogP contribution in [0, 0.1) is 13.8 Å². The quantitative estimate of drug-likeness (QED) is 0.478. The highest BCUT2D eigenvalue weighted by Crippen LogP contribution is 2.33. The van der Waals surface area contributed by atoms with E-state index in [1.54, 1.807) is 14.2 Å². The molecule has 31 heavy (non-hydrogen) atoms. The largest absolute Gasteiger partial charge is 0.496 e. The van der Waals surface area contributed by atoms with Crippen molar-refractivity contribution < 1.29 is 9.47 Å². The van der Waals surface area contributed by atoms with Crippen molar-refractivity contribution in [1.29, 1.82) is 0 Å². The second-order valence-corrected chi connectivity index (χ2v) is 7.39. The topological polar surface area (TPSA) is 71.2 Å². The third kappa shape index (κ3) is 4.07. The first-order valence-corrected chi connectivity index (χ1v) is 9.93. The first-order valence-electron chi connectivity index (χ1n) is 9.93. The second kappa shape index (κ2) is 8.47. The lowest BCUT2D eigenvalue weighted by atomic mass is 10.0. The Morgan fingerprint density at radius 3 is 2.52 bits per heavy atom. The van der Waals surface area contributed by atoms with Gasteiger partial charge in [-0.15, -0.1) is 0 Å². The Morgan fingerprint density at radius 1 is 0.968 bits per heavy atom. The molecular formula is C24H24N4O3. The molecule has 0 aliphatic carbocycles. The Morgan fingerprint density at radius 2 is 1.77 bits per heavy atom. The van der Waals surface area contributed by atoms with Crippen molar-refractivity contribution in [1.82, 2.24) is 19.8 Å². The van der Waals surface area contributed by atoms with Gasteiger partial charge in [-0.05, 0) is 65.2 Å². The van der Waals surface area contributed by atoms with Crippen LogP contribution in [-0.2, 0) is 13.7 Å². The standard InChI is InChI=1S/C24H24N4O3/c1-16-12-18(20-9-5-6-11-23(20)30-4)14-19(13-16)31-15-21-17(2)8-7-10-22(21)28-24(29)27(3)25-26-28/h5-14H,15H2,1-4H3. The summed E-state index contributed by atoms with van der Waals surface area (Å²) >= 11 is 0. The van der Waals surface area contributed by atoms with Gasteiger partial charge in [-0.3, -0.25) is 0 Å². The summed E-state index contributed by atoms with van der Waals surface area (Å²) in [5.74, 6) is 1.55. The summed E-state index contributed by atoms with van der Waals surface area (Å²) in [5.41, 5.74) is 5.34. The van der Waals surface area contributed by atoms with Gasteiger partial charge in [0.05, 0.1) is 12.8 Å². The van der Waals surface area contributed by atoms with Gasteiger partial charge in [-0.2, -0.15) is 9.36 Å². The third-order valence-corrected chi connectivity index (χ3v) is 5.19. The molecule has 0 amide bonds. The minimum absolute atomic E-state index is 0.292. The van der Waals surface area contributed by atoms with Crippen molar-refractivity contribution in [2.24, 2.45) is 7.05 Å². The molecule has 7 nitrogen and oxygen atoms in total. The van der Waals surface area contributed by atoms with Gasteiger partial charge in [0.1, 0.15) is 18.1 Å². The highest BCUT2D eigenvalue weighted by Gasteiger charge is 2.14. The normalized spacial score (nSPS) is 10.8. The molecule has 4 aromatic rings. The van der Waals surface area contributed by atoms with Crippen molar-refractivity contribution in [3.63, 3.8) is 0 Å². The predicted molar refractivity (Wildman–Crippen MR) is 119 cm³/mol. The SMILES string of the molecule is COc1ccccc1-c1cc(C)cc(OCc2c(C)cccc2-n2nnn(C)c2=O)c1. The fourth-order valence-electron chi connectivity index (χ4n) is 3.56. The van der Waals surface area contributed by atoms with Gasteiger partial charge in [-0.1, -0.05) is 36.4 Å². The number of methoxy groups -OCH3 is 1. The van der Waals surface area contributed by atoms with Gasteiger partial charge in [0.25, 0.3) is 0 Å². The molecule has 0 saturated heterocycles. The first-order chi connectivity index (χ1) is 15.0. The maximum Gasteiger partial charge on any atom is 0.368 e. The molecule has 0 unspecified atom stereocenters.